The topological polar surface area (TPSA) is 83.6 Å². The summed E-state index contributed by atoms with van der Waals surface area (Å²) in [5.74, 6) is 0.761. The summed E-state index contributed by atoms with van der Waals surface area (Å²) in [5, 5.41) is 6.97. The maximum absolute atomic E-state index is 12.9. The summed E-state index contributed by atoms with van der Waals surface area (Å²) >= 11 is 1.67. The van der Waals surface area contributed by atoms with Crippen molar-refractivity contribution in [3.05, 3.63) is 54.2 Å². The number of hydrogen-bond acceptors (Lipinski definition) is 6. The molecule has 1 unspecified atom stereocenters. The molecule has 2 heterocycles. The van der Waals surface area contributed by atoms with Crippen molar-refractivity contribution in [2.45, 2.75) is 69.0 Å². The predicted molar refractivity (Wildman–Crippen MR) is 132 cm³/mol. The minimum absolute atomic E-state index is 0.0249. The molecule has 0 radical (unpaired) electrons. The van der Waals surface area contributed by atoms with Crippen LogP contribution in [0.5, 0.6) is 0 Å². The molecule has 0 saturated carbocycles. The molecule has 0 spiro atoms. The van der Waals surface area contributed by atoms with E-state index in [2.05, 4.69) is 26.6 Å². The maximum atomic E-state index is 12.9. The lowest BCUT2D eigenvalue weighted by atomic mass is 10.0. The number of thioether (sulfide) groups is 1. The number of benzene rings is 1. The first-order valence-electron chi connectivity index (χ1n) is 11.4. The first-order valence-corrected chi connectivity index (χ1v) is 12.4. The number of rotatable bonds is 7. The van der Waals surface area contributed by atoms with Crippen LogP contribution in [0.4, 0.5) is 10.5 Å². The number of alkyl carbamates (subject to hydrolysis) is 1. The van der Waals surface area contributed by atoms with Gasteiger partial charge < -0.3 is 15.4 Å². The van der Waals surface area contributed by atoms with Crippen LogP contribution in [0.2, 0.25) is 0 Å². The Balaban J connectivity index is 1.45. The lowest BCUT2D eigenvalue weighted by Gasteiger charge is -2.35. The summed E-state index contributed by atoms with van der Waals surface area (Å²) < 4.78 is 5.34. The highest BCUT2D eigenvalue weighted by atomic mass is 32.2. The van der Waals surface area contributed by atoms with Crippen molar-refractivity contribution in [3.63, 3.8) is 0 Å². The average molecular weight is 471 g/mol. The zero-order valence-corrected chi connectivity index (χ0v) is 20.7. The molecule has 0 aliphatic carbocycles. The lowest BCUT2D eigenvalue weighted by molar-refractivity contribution is -0.121. The number of nitrogens with one attached hydrogen (secondary N) is 2. The van der Waals surface area contributed by atoms with Crippen molar-refractivity contribution < 1.29 is 14.3 Å². The van der Waals surface area contributed by atoms with Crippen LogP contribution in [0.1, 0.15) is 46.1 Å². The molecular weight excluding hydrogens is 436 g/mol. The summed E-state index contributed by atoms with van der Waals surface area (Å²) in [6, 6.07) is 13.6. The van der Waals surface area contributed by atoms with E-state index < -0.39 is 5.60 Å². The number of amides is 2. The molecule has 1 fully saturated rings. The summed E-state index contributed by atoms with van der Waals surface area (Å²) in [6.45, 7) is 8.98. The van der Waals surface area contributed by atoms with E-state index in [-0.39, 0.29) is 24.1 Å². The van der Waals surface area contributed by atoms with Crippen LogP contribution in [0.15, 0.2) is 53.7 Å². The molecular formula is C25H34N4O3S. The van der Waals surface area contributed by atoms with E-state index in [0.29, 0.717) is 0 Å². The van der Waals surface area contributed by atoms with Gasteiger partial charge in [0.15, 0.2) is 0 Å². The molecule has 178 valence electrons. The van der Waals surface area contributed by atoms with Gasteiger partial charge in [-0.2, -0.15) is 0 Å². The van der Waals surface area contributed by atoms with Gasteiger partial charge >= 0.3 is 6.09 Å². The molecule has 1 aromatic carbocycles. The zero-order chi connectivity index (χ0) is 23.8. The lowest BCUT2D eigenvalue weighted by Crippen LogP contribution is -2.51. The number of carbonyl (C=O) groups excluding carboxylic acids is 2. The van der Waals surface area contributed by atoms with Crippen LogP contribution in [0.25, 0.3) is 0 Å². The molecule has 33 heavy (non-hydrogen) atoms. The van der Waals surface area contributed by atoms with E-state index in [4.69, 9.17) is 4.74 Å². The summed E-state index contributed by atoms with van der Waals surface area (Å²) in [5.41, 5.74) is 1.42. The van der Waals surface area contributed by atoms with Gasteiger partial charge in [0.1, 0.15) is 5.60 Å². The van der Waals surface area contributed by atoms with Gasteiger partial charge in [0.05, 0.1) is 11.1 Å². The standard InChI is InChI=1S/C25H34N4O3S/c1-18(29-14-11-20(12-15-29)28-24(31)32-25(2,3)4)23(30)27-21-9-7-8-19(16-21)17-33-22-10-5-6-13-26-22/h5-10,13,16,18,20H,11-12,14-15,17H2,1-4H3,(H,27,30)(H,28,31). The number of likely N-dealkylation sites (tertiary alicyclic amines) is 1. The van der Waals surface area contributed by atoms with E-state index in [9.17, 15) is 9.59 Å². The van der Waals surface area contributed by atoms with Crippen molar-refractivity contribution in [2.24, 2.45) is 0 Å². The Morgan fingerprint density at radius 1 is 1.18 bits per heavy atom. The second-order valence-corrected chi connectivity index (χ2v) is 10.3. The minimum atomic E-state index is -0.508. The number of hydrogen-bond donors (Lipinski definition) is 2. The molecule has 1 aliphatic rings. The van der Waals surface area contributed by atoms with Crippen LogP contribution >= 0.6 is 11.8 Å². The number of piperidine rings is 1. The van der Waals surface area contributed by atoms with Crippen LogP contribution in [0, 0.1) is 0 Å². The molecule has 1 atom stereocenters. The fourth-order valence-electron chi connectivity index (χ4n) is 3.65. The number of pyridine rings is 1. The zero-order valence-electron chi connectivity index (χ0n) is 19.8. The van der Waals surface area contributed by atoms with E-state index >= 15 is 0 Å². The van der Waals surface area contributed by atoms with Gasteiger partial charge in [-0.15, -0.1) is 11.8 Å². The van der Waals surface area contributed by atoms with E-state index in [1.54, 1.807) is 18.0 Å². The number of aromatic nitrogens is 1. The highest BCUT2D eigenvalue weighted by Crippen LogP contribution is 2.22. The molecule has 8 heteroatoms. The number of ether oxygens (including phenoxy) is 1. The van der Waals surface area contributed by atoms with Gasteiger partial charge in [-0.25, -0.2) is 9.78 Å². The Labute approximate surface area is 200 Å². The van der Waals surface area contributed by atoms with Crippen LogP contribution in [0.3, 0.4) is 0 Å². The van der Waals surface area contributed by atoms with Crippen molar-refractivity contribution in [2.75, 3.05) is 18.4 Å². The Morgan fingerprint density at radius 3 is 2.61 bits per heavy atom. The Morgan fingerprint density at radius 2 is 1.94 bits per heavy atom. The van der Waals surface area contributed by atoms with Crippen molar-refractivity contribution in [1.29, 1.82) is 0 Å². The molecule has 1 aliphatic heterocycles. The van der Waals surface area contributed by atoms with E-state index in [1.165, 1.54) is 0 Å². The third-order valence-electron chi connectivity index (χ3n) is 5.40. The van der Waals surface area contributed by atoms with E-state index in [0.717, 1.165) is 48.0 Å². The average Bonchev–Trinajstić information content (AvgIpc) is 2.77. The fraction of sp³-hybridized carbons (Fsp3) is 0.480. The molecule has 2 amide bonds. The normalized spacial score (nSPS) is 16.1. The third-order valence-corrected chi connectivity index (χ3v) is 6.41. The Bertz CT molecular complexity index is 925. The van der Waals surface area contributed by atoms with Crippen LogP contribution in [-0.2, 0) is 15.3 Å². The number of anilines is 1. The predicted octanol–water partition coefficient (Wildman–Crippen LogP) is 4.69. The third kappa shape index (κ3) is 8.37. The van der Waals surface area contributed by atoms with Crippen molar-refractivity contribution in [1.82, 2.24) is 15.2 Å². The smallest absolute Gasteiger partial charge is 0.407 e. The van der Waals surface area contributed by atoms with Gasteiger partial charge in [0, 0.05) is 36.8 Å². The van der Waals surface area contributed by atoms with Gasteiger partial charge in [0.25, 0.3) is 0 Å². The Kier molecular flexibility index (Phi) is 8.74. The Hall–Kier alpha value is -2.58. The summed E-state index contributed by atoms with van der Waals surface area (Å²) in [6.07, 6.45) is 2.98. The largest absolute Gasteiger partial charge is 0.444 e. The van der Waals surface area contributed by atoms with Gasteiger partial charge in [-0.3, -0.25) is 9.69 Å². The molecule has 2 N–H and O–H groups in total. The first kappa shape index (κ1) is 25.1. The molecule has 3 rings (SSSR count). The first-order chi connectivity index (χ1) is 15.7. The maximum Gasteiger partial charge on any atom is 0.407 e. The second kappa shape index (κ2) is 11.5. The quantitative estimate of drug-likeness (QED) is 0.571. The molecule has 0 bridgehead atoms. The molecule has 1 saturated heterocycles. The molecule has 1 aromatic heterocycles. The second-order valence-electron chi connectivity index (χ2n) is 9.28. The van der Waals surface area contributed by atoms with E-state index in [1.807, 2.05) is 64.1 Å². The fourth-order valence-corrected chi connectivity index (χ4v) is 4.45. The SMILES string of the molecule is CC(C(=O)Nc1cccc(CSc2ccccn2)c1)N1CCC(NC(=O)OC(C)(C)C)CC1. The number of carbonyl (C=O) groups is 2. The van der Waals surface area contributed by atoms with Gasteiger partial charge in [-0.1, -0.05) is 18.2 Å². The van der Waals surface area contributed by atoms with Crippen LogP contribution in [-0.4, -0.2) is 52.7 Å². The highest BCUT2D eigenvalue weighted by Gasteiger charge is 2.28. The number of nitrogens with zero attached hydrogens (tertiary/aromatic N) is 2. The van der Waals surface area contributed by atoms with Gasteiger partial charge in [0.2, 0.25) is 5.91 Å². The van der Waals surface area contributed by atoms with Crippen molar-refractivity contribution >= 4 is 29.4 Å². The highest BCUT2D eigenvalue weighted by molar-refractivity contribution is 7.98. The molecule has 7 nitrogen and oxygen atoms in total. The van der Waals surface area contributed by atoms with Crippen molar-refractivity contribution in [3.8, 4) is 0 Å². The monoisotopic (exact) mass is 470 g/mol. The summed E-state index contributed by atoms with van der Waals surface area (Å²) in [4.78, 5) is 31.3. The van der Waals surface area contributed by atoms with Crippen LogP contribution < -0.4 is 10.6 Å². The minimum Gasteiger partial charge on any atom is -0.444 e. The summed E-state index contributed by atoms with van der Waals surface area (Å²) in [7, 11) is 0. The molecule has 2 aromatic rings. The van der Waals surface area contributed by atoms with Gasteiger partial charge in [-0.05, 0) is 70.4 Å².